The fourth-order valence-corrected chi connectivity index (χ4v) is 4.15. The first-order valence-electron chi connectivity index (χ1n) is 10.5. The molecule has 0 radical (unpaired) electrons. The molecule has 0 amide bonds. The molecule has 2 heterocycles. The first-order valence-corrected chi connectivity index (χ1v) is 10.5. The van der Waals surface area contributed by atoms with E-state index in [9.17, 15) is 20.4 Å². The summed E-state index contributed by atoms with van der Waals surface area (Å²) in [5.74, 6) is 1.46. The highest BCUT2D eigenvalue weighted by Crippen LogP contribution is 2.35. The van der Waals surface area contributed by atoms with Gasteiger partial charge >= 0.3 is 0 Å². The van der Waals surface area contributed by atoms with Crippen LogP contribution in [-0.4, -0.2) is 71.7 Å². The molecular weight excluding hydrogens is 402 g/mol. The maximum Gasteiger partial charge on any atom is 0.161 e. The van der Waals surface area contributed by atoms with Gasteiger partial charge in [-0.15, -0.1) is 0 Å². The van der Waals surface area contributed by atoms with Crippen molar-refractivity contribution < 1.29 is 34.6 Å². The molecule has 0 aliphatic carbocycles. The number of hydrogen-bond acceptors (Lipinski definition) is 8. The van der Waals surface area contributed by atoms with Crippen molar-refractivity contribution in [3.05, 3.63) is 58.7 Å². The Balaban J connectivity index is 1.63. The lowest BCUT2D eigenvalue weighted by molar-refractivity contribution is -0.231. The fraction of sp³-hybridized carbons (Fsp3) is 0.478. The van der Waals surface area contributed by atoms with Gasteiger partial charge in [0.15, 0.2) is 11.5 Å². The third kappa shape index (κ3) is 4.55. The van der Waals surface area contributed by atoms with E-state index in [-0.39, 0.29) is 0 Å². The Morgan fingerprint density at radius 1 is 0.903 bits per heavy atom. The smallest absolute Gasteiger partial charge is 0.161 e. The molecule has 2 aliphatic rings. The number of aliphatic hydroxyl groups is 4. The van der Waals surface area contributed by atoms with E-state index in [0.29, 0.717) is 31.7 Å². The van der Waals surface area contributed by atoms with Gasteiger partial charge in [0.2, 0.25) is 0 Å². The Hall–Kier alpha value is -2.20. The van der Waals surface area contributed by atoms with Crippen LogP contribution in [-0.2, 0) is 17.7 Å². The van der Waals surface area contributed by atoms with Gasteiger partial charge < -0.3 is 40.0 Å². The zero-order valence-electron chi connectivity index (χ0n) is 17.4. The molecular formula is C23H29NO7. The molecule has 5 atom stereocenters. The summed E-state index contributed by atoms with van der Waals surface area (Å²) in [6.07, 6.45) is -5.28. The number of benzene rings is 2. The number of ether oxygens (including phenoxy) is 3. The van der Waals surface area contributed by atoms with Gasteiger partial charge in [-0.25, -0.2) is 0 Å². The van der Waals surface area contributed by atoms with Crippen LogP contribution in [0.4, 0.5) is 0 Å². The van der Waals surface area contributed by atoms with Gasteiger partial charge in [0.25, 0.3) is 0 Å². The van der Waals surface area contributed by atoms with Crippen LogP contribution in [0.25, 0.3) is 0 Å². The van der Waals surface area contributed by atoms with Crippen molar-refractivity contribution in [3.63, 3.8) is 0 Å². The van der Waals surface area contributed by atoms with Gasteiger partial charge in [0, 0.05) is 6.54 Å². The van der Waals surface area contributed by atoms with E-state index in [1.165, 1.54) is 0 Å². The van der Waals surface area contributed by atoms with Gasteiger partial charge in [-0.1, -0.05) is 24.3 Å². The van der Waals surface area contributed by atoms with Gasteiger partial charge in [-0.2, -0.15) is 0 Å². The van der Waals surface area contributed by atoms with Crippen LogP contribution >= 0.6 is 0 Å². The van der Waals surface area contributed by atoms with Crippen LogP contribution in [0.1, 0.15) is 28.4 Å². The molecule has 1 saturated heterocycles. The van der Waals surface area contributed by atoms with E-state index in [4.69, 9.17) is 14.2 Å². The number of rotatable bonds is 6. The van der Waals surface area contributed by atoms with E-state index in [1.54, 1.807) is 0 Å². The van der Waals surface area contributed by atoms with Crippen molar-refractivity contribution in [1.29, 1.82) is 0 Å². The van der Waals surface area contributed by atoms with Crippen molar-refractivity contribution in [2.45, 2.75) is 43.5 Å². The molecule has 0 spiro atoms. The van der Waals surface area contributed by atoms with Crippen molar-refractivity contribution in [3.8, 4) is 11.5 Å². The second-order valence-corrected chi connectivity index (χ2v) is 7.96. The minimum Gasteiger partial charge on any atom is -0.486 e. The molecule has 2 aliphatic heterocycles. The maximum absolute atomic E-state index is 10.5. The third-order valence-electron chi connectivity index (χ3n) is 5.82. The SMILES string of the molecule is CNCc1ccc(C2OC(CO)C(O)C(O)C2O)cc1Cc1ccc2c(c1)OCCO2. The predicted octanol–water partition coefficient (Wildman–Crippen LogP) is 0.283. The molecule has 1 fully saturated rings. The third-order valence-corrected chi connectivity index (χ3v) is 5.82. The number of fused-ring (bicyclic) bond motifs is 1. The molecule has 8 nitrogen and oxygen atoms in total. The van der Waals surface area contributed by atoms with Crippen LogP contribution in [0.2, 0.25) is 0 Å². The highest BCUT2D eigenvalue weighted by atomic mass is 16.6. The standard InChI is InChI=1S/C23H29NO7/c1-24-11-15-4-3-14(23-22(28)21(27)20(26)19(12-25)31-23)10-16(15)8-13-2-5-17-18(9-13)30-7-6-29-17/h2-5,9-10,19-28H,6-8,11-12H2,1H3. The fourth-order valence-electron chi connectivity index (χ4n) is 4.15. The van der Waals surface area contributed by atoms with Gasteiger partial charge in [0.05, 0.1) is 6.61 Å². The lowest BCUT2D eigenvalue weighted by Gasteiger charge is -2.40. The summed E-state index contributed by atoms with van der Waals surface area (Å²) in [5, 5.41) is 43.4. The van der Waals surface area contributed by atoms with E-state index < -0.39 is 37.1 Å². The van der Waals surface area contributed by atoms with Crippen LogP contribution in [0.15, 0.2) is 36.4 Å². The molecule has 8 heteroatoms. The van der Waals surface area contributed by atoms with E-state index in [1.807, 2.05) is 43.4 Å². The largest absolute Gasteiger partial charge is 0.486 e. The minimum absolute atomic E-state index is 0.455. The summed E-state index contributed by atoms with van der Waals surface area (Å²) in [4.78, 5) is 0. The van der Waals surface area contributed by atoms with Crippen molar-refractivity contribution in [2.75, 3.05) is 26.9 Å². The van der Waals surface area contributed by atoms with E-state index in [0.717, 1.165) is 28.2 Å². The summed E-state index contributed by atoms with van der Waals surface area (Å²) in [6.45, 7) is 1.27. The normalized spacial score (nSPS) is 27.8. The summed E-state index contributed by atoms with van der Waals surface area (Å²) in [6, 6.07) is 11.6. The second-order valence-electron chi connectivity index (χ2n) is 7.96. The Bertz CT molecular complexity index is 903. The highest BCUT2D eigenvalue weighted by molar-refractivity contribution is 5.46. The van der Waals surface area contributed by atoms with Crippen molar-refractivity contribution in [1.82, 2.24) is 5.32 Å². The van der Waals surface area contributed by atoms with Crippen LogP contribution < -0.4 is 14.8 Å². The number of aliphatic hydroxyl groups excluding tert-OH is 4. The average molecular weight is 431 g/mol. The highest BCUT2D eigenvalue weighted by Gasteiger charge is 2.44. The van der Waals surface area contributed by atoms with Crippen molar-refractivity contribution in [2.24, 2.45) is 0 Å². The van der Waals surface area contributed by atoms with Gasteiger partial charge in [-0.3, -0.25) is 0 Å². The van der Waals surface area contributed by atoms with Gasteiger partial charge in [0.1, 0.15) is 43.7 Å². The summed E-state index contributed by atoms with van der Waals surface area (Å²) in [5.41, 5.74) is 3.84. The average Bonchev–Trinajstić information content (AvgIpc) is 2.79. The Kier molecular flexibility index (Phi) is 6.76. The molecule has 0 aromatic heterocycles. The topological polar surface area (TPSA) is 121 Å². The zero-order chi connectivity index (χ0) is 22.0. The lowest BCUT2D eigenvalue weighted by atomic mass is 9.89. The monoisotopic (exact) mass is 431 g/mol. The summed E-state index contributed by atoms with van der Waals surface area (Å²) >= 11 is 0. The summed E-state index contributed by atoms with van der Waals surface area (Å²) < 4.78 is 17.0. The molecule has 2 aromatic carbocycles. The first-order chi connectivity index (χ1) is 15.0. The van der Waals surface area contributed by atoms with Crippen LogP contribution in [0.3, 0.4) is 0 Å². The second kappa shape index (κ2) is 9.52. The molecule has 168 valence electrons. The van der Waals surface area contributed by atoms with Crippen molar-refractivity contribution >= 4 is 0 Å². The minimum atomic E-state index is -1.41. The quantitative estimate of drug-likeness (QED) is 0.443. The predicted molar refractivity (Wildman–Crippen MR) is 112 cm³/mol. The molecule has 31 heavy (non-hydrogen) atoms. The first kappa shape index (κ1) is 22.0. The van der Waals surface area contributed by atoms with Crippen LogP contribution in [0.5, 0.6) is 11.5 Å². The molecule has 5 unspecified atom stereocenters. The molecule has 5 N–H and O–H groups in total. The molecule has 2 aromatic rings. The van der Waals surface area contributed by atoms with Gasteiger partial charge in [-0.05, 0) is 47.9 Å². The van der Waals surface area contributed by atoms with E-state index >= 15 is 0 Å². The lowest BCUT2D eigenvalue weighted by Crippen LogP contribution is -2.55. The number of nitrogens with one attached hydrogen (secondary N) is 1. The molecule has 0 saturated carbocycles. The Morgan fingerprint density at radius 2 is 1.68 bits per heavy atom. The molecule has 4 rings (SSSR count). The molecule has 0 bridgehead atoms. The Morgan fingerprint density at radius 3 is 2.42 bits per heavy atom. The van der Waals surface area contributed by atoms with E-state index in [2.05, 4.69) is 5.32 Å². The zero-order valence-corrected chi connectivity index (χ0v) is 17.4. The maximum atomic E-state index is 10.5. The summed E-state index contributed by atoms with van der Waals surface area (Å²) in [7, 11) is 1.87. The van der Waals surface area contributed by atoms with Crippen LogP contribution in [0, 0.1) is 0 Å². The number of hydrogen-bond donors (Lipinski definition) is 5. The Labute approximate surface area is 181 Å².